The molecular weight excluding hydrogens is 404 g/mol. The molecule has 0 bridgehead atoms. The van der Waals surface area contributed by atoms with Crippen LogP contribution < -0.4 is 5.32 Å². The van der Waals surface area contributed by atoms with Gasteiger partial charge in [-0.2, -0.15) is 0 Å². The minimum absolute atomic E-state index is 0.0372. The Hall–Kier alpha value is -2.63. The summed E-state index contributed by atoms with van der Waals surface area (Å²) in [4.78, 5) is 29.1. The van der Waals surface area contributed by atoms with Crippen molar-refractivity contribution in [2.75, 3.05) is 6.54 Å². The topological polar surface area (TPSA) is 49.4 Å². The molecule has 1 N–H and O–H groups in total. The lowest BCUT2D eigenvalue weighted by molar-refractivity contribution is -0.132. The van der Waals surface area contributed by atoms with Crippen LogP contribution in [0.4, 0.5) is 0 Å². The number of amides is 2. The maximum absolute atomic E-state index is 13.1. The van der Waals surface area contributed by atoms with E-state index in [0.29, 0.717) is 23.7 Å². The van der Waals surface area contributed by atoms with Gasteiger partial charge in [-0.1, -0.05) is 54.1 Å². The van der Waals surface area contributed by atoms with Crippen LogP contribution in [0.15, 0.2) is 66.0 Å². The molecule has 0 saturated heterocycles. The van der Waals surface area contributed by atoms with Gasteiger partial charge in [-0.25, -0.2) is 0 Å². The van der Waals surface area contributed by atoms with Crippen molar-refractivity contribution in [2.24, 2.45) is 0 Å². The Labute approximate surface area is 179 Å². The molecular formula is C23H21ClN2O2S. The van der Waals surface area contributed by atoms with Crippen LogP contribution in [0.2, 0.25) is 5.02 Å². The van der Waals surface area contributed by atoms with E-state index in [1.165, 1.54) is 10.4 Å². The fraction of sp³-hybridized carbons (Fsp3) is 0.217. The van der Waals surface area contributed by atoms with Crippen molar-refractivity contribution in [3.63, 3.8) is 0 Å². The largest absolute Gasteiger partial charge is 0.345 e. The molecule has 1 atom stereocenters. The summed E-state index contributed by atoms with van der Waals surface area (Å²) in [6.07, 6.45) is 1.10. The van der Waals surface area contributed by atoms with Gasteiger partial charge in [0, 0.05) is 18.0 Å². The van der Waals surface area contributed by atoms with Gasteiger partial charge in [0.2, 0.25) is 5.91 Å². The summed E-state index contributed by atoms with van der Waals surface area (Å²) < 4.78 is 0. The highest BCUT2D eigenvalue weighted by Crippen LogP contribution is 2.26. The smallest absolute Gasteiger partial charge is 0.253 e. The van der Waals surface area contributed by atoms with Crippen molar-refractivity contribution in [2.45, 2.75) is 25.4 Å². The standard InChI is InChI=1S/C23H21ClN2O2S/c24-19-9-5-4-8-18(19)23(28)25-20(16-6-2-1-3-7-16)14-22(27)26-12-10-21-17(15-26)11-13-29-21/h1-9,11,13,20H,10,12,14-15H2,(H,25,28)/t20-/m0/s1. The average Bonchev–Trinajstić information content (AvgIpc) is 3.22. The van der Waals surface area contributed by atoms with Crippen molar-refractivity contribution in [1.82, 2.24) is 10.2 Å². The van der Waals surface area contributed by atoms with Crippen LogP contribution in [-0.4, -0.2) is 23.3 Å². The molecule has 2 aromatic carbocycles. The van der Waals surface area contributed by atoms with E-state index in [-0.39, 0.29) is 18.2 Å². The fourth-order valence-corrected chi connectivity index (χ4v) is 4.70. The summed E-state index contributed by atoms with van der Waals surface area (Å²) in [6, 6.07) is 18.2. The minimum atomic E-state index is -0.420. The predicted octanol–water partition coefficient (Wildman–Crippen LogP) is 4.85. The van der Waals surface area contributed by atoms with Crippen LogP contribution in [0.25, 0.3) is 0 Å². The average molecular weight is 425 g/mol. The van der Waals surface area contributed by atoms with Gasteiger partial charge in [0.05, 0.1) is 23.0 Å². The molecule has 148 valence electrons. The number of hydrogen-bond acceptors (Lipinski definition) is 3. The summed E-state index contributed by atoms with van der Waals surface area (Å²) in [5.74, 6) is -0.244. The Balaban J connectivity index is 1.51. The maximum atomic E-state index is 13.1. The monoisotopic (exact) mass is 424 g/mol. The lowest BCUT2D eigenvalue weighted by atomic mass is 10.0. The molecule has 1 aliphatic heterocycles. The zero-order valence-corrected chi connectivity index (χ0v) is 17.4. The van der Waals surface area contributed by atoms with Crippen molar-refractivity contribution >= 4 is 34.8 Å². The molecule has 1 aliphatic rings. The number of carbonyl (C=O) groups is 2. The number of thiophene rings is 1. The number of hydrogen-bond donors (Lipinski definition) is 1. The number of fused-ring (bicyclic) bond motifs is 1. The molecule has 3 aromatic rings. The number of benzene rings is 2. The Bertz CT molecular complexity index is 1020. The first kappa shape index (κ1) is 19.7. The first-order valence-corrected chi connectivity index (χ1v) is 10.8. The molecule has 0 unspecified atom stereocenters. The van der Waals surface area contributed by atoms with Crippen LogP contribution >= 0.6 is 22.9 Å². The highest BCUT2D eigenvalue weighted by atomic mass is 35.5. The molecule has 0 fully saturated rings. The van der Waals surface area contributed by atoms with Crippen molar-refractivity contribution in [3.05, 3.63) is 92.6 Å². The fourth-order valence-electron chi connectivity index (χ4n) is 3.58. The molecule has 2 heterocycles. The Morgan fingerprint density at radius 3 is 2.62 bits per heavy atom. The third-order valence-corrected chi connectivity index (χ3v) is 6.52. The highest BCUT2D eigenvalue weighted by Gasteiger charge is 2.26. The van der Waals surface area contributed by atoms with E-state index in [1.807, 2.05) is 35.2 Å². The van der Waals surface area contributed by atoms with E-state index in [2.05, 4.69) is 16.8 Å². The van der Waals surface area contributed by atoms with E-state index in [1.54, 1.807) is 35.6 Å². The molecule has 29 heavy (non-hydrogen) atoms. The zero-order valence-electron chi connectivity index (χ0n) is 15.8. The SMILES string of the molecule is O=C(N[C@@H](CC(=O)N1CCc2sccc2C1)c1ccccc1)c1ccccc1Cl. The van der Waals surface area contributed by atoms with Gasteiger partial charge in [0.1, 0.15) is 0 Å². The first-order valence-electron chi connectivity index (χ1n) is 9.55. The second-order valence-corrected chi connectivity index (χ2v) is 8.46. The van der Waals surface area contributed by atoms with Gasteiger partial charge in [0.15, 0.2) is 0 Å². The lowest BCUT2D eigenvalue weighted by Gasteiger charge is -2.29. The molecule has 0 spiro atoms. The van der Waals surface area contributed by atoms with Gasteiger partial charge in [-0.05, 0) is 41.1 Å². The van der Waals surface area contributed by atoms with Gasteiger partial charge in [-0.15, -0.1) is 11.3 Å². The third kappa shape index (κ3) is 4.52. The highest BCUT2D eigenvalue weighted by molar-refractivity contribution is 7.10. The van der Waals surface area contributed by atoms with Crippen LogP contribution in [0.5, 0.6) is 0 Å². The number of rotatable bonds is 5. The summed E-state index contributed by atoms with van der Waals surface area (Å²) in [6.45, 7) is 1.35. The summed E-state index contributed by atoms with van der Waals surface area (Å²) in [7, 11) is 0. The van der Waals surface area contributed by atoms with Gasteiger partial charge < -0.3 is 10.2 Å². The van der Waals surface area contributed by atoms with Crippen molar-refractivity contribution < 1.29 is 9.59 Å². The number of nitrogens with zero attached hydrogens (tertiary/aromatic N) is 1. The second kappa shape index (κ2) is 8.80. The Morgan fingerprint density at radius 2 is 1.83 bits per heavy atom. The van der Waals surface area contributed by atoms with E-state index in [4.69, 9.17) is 11.6 Å². The van der Waals surface area contributed by atoms with Crippen LogP contribution in [0.3, 0.4) is 0 Å². The van der Waals surface area contributed by atoms with Crippen LogP contribution in [0.1, 0.15) is 38.8 Å². The molecule has 1 aromatic heterocycles. The van der Waals surface area contributed by atoms with Gasteiger partial charge in [-0.3, -0.25) is 9.59 Å². The molecule has 0 radical (unpaired) electrons. The van der Waals surface area contributed by atoms with E-state index in [9.17, 15) is 9.59 Å². The van der Waals surface area contributed by atoms with Gasteiger partial charge >= 0.3 is 0 Å². The molecule has 4 nitrogen and oxygen atoms in total. The number of carbonyl (C=O) groups excluding carboxylic acids is 2. The molecule has 0 aliphatic carbocycles. The Morgan fingerprint density at radius 1 is 1.07 bits per heavy atom. The normalized spacial score (nSPS) is 14.2. The quantitative estimate of drug-likeness (QED) is 0.636. The molecule has 0 saturated carbocycles. The molecule has 4 rings (SSSR count). The van der Waals surface area contributed by atoms with Crippen LogP contribution in [0, 0.1) is 0 Å². The summed E-state index contributed by atoms with van der Waals surface area (Å²) in [5.41, 5.74) is 2.53. The lowest BCUT2D eigenvalue weighted by Crippen LogP contribution is -2.39. The van der Waals surface area contributed by atoms with Crippen molar-refractivity contribution in [3.8, 4) is 0 Å². The minimum Gasteiger partial charge on any atom is -0.345 e. The van der Waals surface area contributed by atoms with Crippen LogP contribution in [-0.2, 0) is 17.8 Å². The maximum Gasteiger partial charge on any atom is 0.253 e. The number of nitrogens with one attached hydrogen (secondary N) is 1. The van der Waals surface area contributed by atoms with Gasteiger partial charge in [0.25, 0.3) is 5.91 Å². The summed E-state index contributed by atoms with van der Waals surface area (Å²) >= 11 is 7.93. The zero-order chi connectivity index (χ0) is 20.2. The third-order valence-electron chi connectivity index (χ3n) is 5.16. The Kier molecular flexibility index (Phi) is 5.97. The molecule has 6 heteroatoms. The summed E-state index contributed by atoms with van der Waals surface area (Å²) in [5, 5.41) is 5.48. The predicted molar refractivity (Wildman–Crippen MR) is 116 cm³/mol. The second-order valence-electron chi connectivity index (χ2n) is 7.06. The first-order chi connectivity index (χ1) is 14.1. The molecule has 2 amide bonds. The van der Waals surface area contributed by atoms with E-state index >= 15 is 0 Å². The number of halogens is 1. The van der Waals surface area contributed by atoms with E-state index < -0.39 is 6.04 Å². The van der Waals surface area contributed by atoms with Crippen molar-refractivity contribution in [1.29, 1.82) is 0 Å². The van der Waals surface area contributed by atoms with E-state index in [0.717, 1.165) is 12.0 Å².